The molecule has 2 unspecified atom stereocenters. The summed E-state index contributed by atoms with van der Waals surface area (Å²) in [5.41, 5.74) is 5.16. The molecule has 2 N–H and O–H groups in total. The van der Waals surface area contributed by atoms with Crippen molar-refractivity contribution in [3.05, 3.63) is 39.7 Å². The molecular formula is C13H16FN3O4. The van der Waals surface area contributed by atoms with E-state index in [1.807, 2.05) is 0 Å². The first-order valence-corrected chi connectivity index (χ1v) is 6.50. The minimum absolute atomic E-state index is 0.189. The summed E-state index contributed by atoms with van der Waals surface area (Å²) < 4.78 is 19.3. The van der Waals surface area contributed by atoms with Gasteiger partial charge in [-0.1, -0.05) is 0 Å². The van der Waals surface area contributed by atoms with Gasteiger partial charge in [0.1, 0.15) is 5.82 Å². The fourth-order valence-electron chi connectivity index (χ4n) is 2.14. The third-order valence-electron chi connectivity index (χ3n) is 3.36. The van der Waals surface area contributed by atoms with Crippen molar-refractivity contribution >= 4 is 11.6 Å². The number of nitro groups is 1. The van der Waals surface area contributed by atoms with Crippen molar-refractivity contribution in [3.8, 4) is 0 Å². The predicted octanol–water partition coefficient (Wildman–Crippen LogP) is 0.922. The molecule has 1 saturated heterocycles. The van der Waals surface area contributed by atoms with Crippen LogP contribution in [0.25, 0.3) is 0 Å². The number of non-ortho nitro benzene ring substituents is 1. The molecule has 1 heterocycles. The molecule has 2 rings (SSSR count). The highest BCUT2D eigenvalue weighted by Crippen LogP contribution is 2.19. The number of halogens is 1. The lowest BCUT2D eigenvalue weighted by atomic mass is 10.1. The molecule has 0 bridgehead atoms. The van der Waals surface area contributed by atoms with Crippen molar-refractivity contribution in [2.75, 3.05) is 19.7 Å². The van der Waals surface area contributed by atoms with Crippen LogP contribution < -0.4 is 5.73 Å². The van der Waals surface area contributed by atoms with Crippen molar-refractivity contribution in [1.82, 2.24) is 4.90 Å². The summed E-state index contributed by atoms with van der Waals surface area (Å²) in [6, 6.07) is 2.74. The van der Waals surface area contributed by atoms with Gasteiger partial charge in [-0.2, -0.15) is 0 Å². The zero-order chi connectivity index (χ0) is 15.6. The number of nitrogens with zero attached hydrogens (tertiary/aromatic N) is 2. The maximum absolute atomic E-state index is 13.9. The molecule has 0 radical (unpaired) electrons. The number of nitrogens with two attached hydrogens (primary N) is 1. The lowest BCUT2D eigenvalue weighted by Gasteiger charge is -2.34. The van der Waals surface area contributed by atoms with Gasteiger partial charge < -0.3 is 15.4 Å². The fourth-order valence-corrected chi connectivity index (χ4v) is 2.14. The number of benzene rings is 1. The summed E-state index contributed by atoms with van der Waals surface area (Å²) in [5, 5.41) is 10.6. The molecule has 1 aromatic rings. The minimum Gasteiger partial charge on any atom is -0.373 e. The van der Waals surface area contributed by atoms with Crippen LogP contribution in [0.3, 0.4) is 0 Å². The Bertz CT molecular complexity index is 564. The van der Waals surface area contributed by atoms with Gasteiger partial charge in [-0.05, 0) is 13.0 Å². The third kappa shape index (κ3) is 3.34. The van der Waals surface area contributed by atoms with Crippen LogP contribution in [0.15, 0.2) is 18.2 Å². The van der Waals surface area contributed by atoms with Gasteiger partial charge in [0.15, 0.2) is 0 Å². The molecule has 1 aromatic carbocycles. The normalized spacial score (nSPS) is 20.1. The van der Waals surface area contributed by atoms with Crippen molar-refractivity contribution in [1.29, 1.82) is 0 Å². The Morgan fingerprint density at radius 2 is 2.33 bits per heavy atom. The Balaban J connectivity index is 2.18. The molecule has 0 aromatic heterocycles. The summed E-state index contributed by atoms with van der Waals surface area (Å²) in [6.07, 6.45) is -0.302. The van der Waals surface area contributed by atoms with Crippen molar-refractivity contribution in [2.24, 2.45) is 5.73 Å². The van der Waals surface area contributed by atoms with Gasteiger partial charge in [0.05, 0.1) is 29.3 Å². The number of rotatable bonds is 3. The van der Waals surface area contributed by atoms with Crippen LogP contribution in [0.4, 0.5) is 10.1 Å². The Labute approximate surface area is 120 Å². The standard InChI is InChI=1S/C13H16FN3O4/c1-8(15)12-7-16(4-5-21-12)13(18)10-3-2-9(17(19)20)6-11(10)14/h2-3,6,8,12H,4-5,7,15H2,1H3. The van der Waals surface area contributed by atoms with Gasteiger partial charge in [0.25, 0.3) is 11.6 Å². The monoisotopic (exact) mass is 297 g/mol. The zero-order valence-electron chi connectivity index (χ0n) is 11.5. The molecule has 1 fully saturated rings. The van der Waals surface area contributed by atoms with Crippen molar-refractivity contribution in [3.63, 3.8) is 0 Å². The van der Waals surface area contributed by atoms with Gasteiger partial charge in [0, 0.05) is 25.2 Å². The first-order chi connectivity index (χ1) is 9.90. The number of hydrogen-bond acceptors (Lipinski definition) is 5. The van der Waals surface area contributed by atoms with Gasteiger partial charge >= 0.3 is 0 Å². The predicted molar refractivity (Wildman–Crippen MR) is 72.3 cm³/mol. The van der Waals surface area contributed by atoms with Crippen LogP contribution in [0.1, 0.15) is 17.3 Å². The van der Waals surface area contributed by atoms with Crippen LogP contribution >= 0.6 is 0 Å². The van der Waals surface area contributed by atoms with Gasteiger partial charge in [-0.3, -0.25) is 14.9 Å². The second-order valence-electron chi connectivity index (χ2n) is 4.94. The van der Waals surface area contributed by atoms with E-state index in [0.717, 1.165) is 18.2 Å². The number of carbonyl (C=O) groups is 1. The highest BCUT2D eigenvalue weighted by Gasteiger charge is 2.28. The van der Waals surface area contributed by atoms with Gasteiger partial charge in [-0.15, -0.1) is 0 Å². The summed E-state index contributed by atoms with van der Waals surface area (Å²) in [7, 11) is 0. The topological polar surface area (TPSA) is 98.7 Å². The van der Waals surface area contributed by atoms with Gasteiger partial charge in [-0.25, -0.2) is 4.39 Å². The SMILES string of the molecule is CC(N)C1CN(C(=O)c2ccc([N+](=O)[O-])cc2F)CCO1. The Kier molecular flexibility index (Phi) is 4.49. The van der Waals surface area contributed by atoms with E-state index in [4.69, 9.17) is 10.5 Å². The number of nitro benzene ring substituents is 1. The van der Waals surface area contributed by atoms with Crippen molar-refractivity contribution < 1.29 is 18.8 Å². The summed E-state index contributed by atoms with van der Waals surface area (Å²) in [5.74, 6) is -1.42. The maximum atomic E-state index is 13.9. The number of carbonyl (C=O) groups excluding carboxylic acids is 1. The Morgan fingerprint density at radius 3 is 2.90 bits per heavy atom. The quantitative estimate of drug-likeness (QED) is 0.660. The maximum Gasteiger partial charge on any atom is 0.272 e. The zero-order valence-corrected chi connectivity index (χ0v) is 11.5. The van der Waals surface area contributed by atoms with E-state index in [-0.39, 0.29) is 29.9 Å². The average molecular weight is 297 g/mol. The van der Waals surface area contributed by atoms with E-state index in [0.29, 0.717) is 13.2 Å². The number of ether oxygens (including phenoxy) is 1. The van der Waals surface area contributed by atoms with E-state index in [2.05, 4.69) is 0 Å². The molecule has 1 aliphatic rings. The molecule has 1 aliphatic heterocycles. The second-order valence-corrected chi connectivity index (χ2v) is 4.94. The molecule has 2 atom stereocenters. The molecule has 1 amide bonds. The molecule has 8 heteroatoms. The van der Waals surface area contributed by atoms with Crippen LogP contribution in [-0.2, 0) is 4.74 Å². The van der Waals surface area contributed by atoms with Crippen LogP contribution in [-0.4, -0.2) is 47.6 Å². The van der Waals surface area contributed by atoms with Crippen molar-refractivity contribution in [2.45, 2.75) is 19.1 Å². The highest BCUT2D eigenvalue weighted by atomic mass is 19.1. The van der Waals surface area contributed by atoms with Crippen LogP contribution in [0, 0.1) is 15.9 Å². The fraction of sp³-hybridized carbons (Fsp3) is 0.462. The van der Waals surface area contributed by atoms with Gasteiger partial charge in [0.2, 0.25) is 0 Å². The molecule has 21 heavy (non-hydrogen) atoms. The minimum atomic E-state index is -0.905. The van der Waals surface area contributed by atoms with E-state index in [9.17, 15) is 19.3 Å². The summed E-state index contributed by atoms with van der Waals surface area (Å²) >= 11 is 0. The molecule has 0 saturated carbocycles. The lowest BCUT2D eigenvalue weighted by Crippen LogP contribution is -2.51. The smallest absolute Gasteiger partial charge is 0.272 e. The number of amides is 1. The lowest BCUT2D eigenvalue weighted by molar-refractivity contribution is -0.385. The Morgan fingerprint density at radius 1 is 1.62 bits per heavy atom. The van der Waals surface area contributed by atoms with E-state index < -0.39 is 16.6 Å². The first-order valence-electron chi connectivity index (χ1n) is 6.50. The third-order valence-corrected chi connectivity index (χ3v) is 3.36. The average Bonchev–Trinajstić information content (AvgIpc) is 2.46. The van der Waals surface area contributed by atoms with Crippen LogP contribution in [0.2, 0.25) is 0 Å². The molecule has 0 spiro atoms. The number of morpholine rings is 1. The summed E-state index contributed by atoms with van der Waals surface area (Å²) in [6.45, 7) is 2.70. The first kappa shape index (κ1) is 15.3. The Hall–Kier alpha value is -2.06. The van der Waals surface area contributed by atoms with E-state index >= 15 is 0 Å². The molecule has 7 nitrogen and oxygen atoms in total. The van der Waals surface area contributed by atoms with Crippen LogP contribution in [0.5, 0.6) is 0 Å². The van der Waals surface area contributed by atoms with E-state index in [1.54, 1.807) is 6.92 Å². The highest BCUT2D eigenvalue weighted by molar-refractivity contribution is 5.94. The number of hydrogen-bond donors (Lipinski definition) is 1. The molecule has 0 aliphatic carbocycles. The van der Waals surface area contributed by atoms with E-state index in [1.165, 1.54) is 4.90 Å². The molecule has 114 valence electrons. The summed E-state index contributed by atoms with van der Waals surface area (Å²) in [4.78, 5) is 23.6. The molecular weight excluding hydrogens is 281 g/mol. The largest absolute Gasteiger partial charge is 0.373 e. The second kappa shape index (κ2) is 6.15.